The van der Waals surface area contributed by atoms with E-state index in [0.717, 1.165) is 4.47 Å². The Balaban J connectivity index is 2.26. The number of hydrogen-bond acceptors (Lipinski definition) is 3. The van der Waals surface area contributed by atoms with Crippen LogP contribution in [0, 0.1) is 0 Å². The molecule has 0 bridgehead atoms. The number of rotatable bonds is 4. The molecule has 0 saturated heterocycles. The van der Waals surface area contributed by atoms with Gasteiger partial charge in [0.25, 0.3) is 5.91 Å². The number of benzene rings is 2. The first-order valence-corrected chi connectivity index (χ1v) is 7.59. The van der Waals surface area contributed by atoms with Crippen LogP contribution in [-0.2, 0) is 16.0 Å². The molecule has 2 aromatic rings. The molecule has 22 heavy (non-hydrogen) atoms. The Hall–Kier alpha value is -1.85. The van der Waals surface area contributed by atoms with Gasteiger partial charge in [0.05, 0.1) is 13.5 Å². The zero-order valence-electron chi connectivity index (χ0n) is 11.7. The predicted molar refractivity (Wildman–Crippen MR) is 89.3 cm³/mol. The minimum Gasteiger partial charge on any atom is -0.469 e. The number of ether oxygens (including phenoxy) is 1. The van der Waals surface area contributed by atoms with Gasteiger partial charge in [-0.15, -0.1) is 0 Å². The van der Waals surface area contributed by atoms with Crippen LogP contribution in [0.3, 0.4) is 0 Å². The zero-order chi connectivity index (χ0) is 16.1. The molecule has 0 radical (unpaired) electrons. The molecule has 0 aliphatic heterocycles. The molecular weight excluding hydrogens is 370 g/mol. The van der Waals surface area contributed by atoms with Crippen LogP contribution in [0.4, 0.5) is 5.69 Å². The Morgan fingerprint density at radius 3 is 2.68 bits per heavy atom. The number of carbonyl (C=O) groups is 2. The SMILES string of the molecule is COC(=O)Cc1ccc(Cl)cc1NC(=O)c1cccc(Br)c1. The van der Waals surface area contributed by atoms with Crippen LogP contribution in [0.25, 0.3) is 0 Å². The van der Waals surface area contributed by atoms with Crippen molar-refractivity contribution in [3.05, 3.63) is 63.1 Å². The Labute approximate surface area is 141 Å². The lowest BCUT2D eigenvalue weighted by atomic mass is 10.1. The maximum atomic E-state index is 12.3. The molecule has 4 nitrogen and oxygen atoms in total. The largest absolute Gasteiger partial charge is 0.469 e. The first-order valence-electron chi connectivity index (χ1n) is 6.42. The highest BCUT2D eigenvalue weighted by Crippen LogP contribution is 2.23. The van der Waals surface area contributed by atoms with E-state index < -0.39 is 0 Å². The Bertz CT molecular complexity index is 718. The molecule has 1 amide bonds. The predicted octanol–water partition coefficient (Wildman–Crippen LogP) is 4.07. The van der Waals surface area contributed by atoms with Gasteiger partial charge in [0, 0.05) is 20.7 Å². The lowest BCUT2D eigenvalue weighted by Gasteiger charge is -2.11. The summed E-state index contributed by atoms with van der Waals surface area (Å²) in [6.07, 6.45) is 0.0573. The molecule has 6 heteroatoms. The molecule has 1 N–H and O–H groups in total. The second kappa shape index (κ2) is 7.42. The van der Waals surface area contributed by atoms with Gasteiger partial charge in [-0.3, -0.25) is 9.59 Å². The van der Waals surface area contributed by atoms with E-state index in [9.17, 15) is 9.59 Å². The van der Waals surface area contributed by atoms with Crippen molar-refractivity contribution in [3.63, 3.8) is 0 Å². The summed E-state index contributed by atoms with van der Waals surface area (Å²) in [7, 11) is 1.32. The molecule has 0 aliphatic carbocycles. The quantitative estimate of drug-likeness (QED) is 0.811. The maximum absolute atomic E-state index is 12.3. The zero-order valence-corrected chi connectivity index (χ0v) is 14.1. The standard InChI is InChI=1S/C16H13BrClNO3/c1-22-15(20)8-10-5-6-13(18)9-14(10)19-16(21)11-3-2-4-12(17)7-11/h2-7,9H,8H2,1H3,(H,19,21). The fourth-order valence-corrected chi connectivity index (χ4v) is 2.44. The molecule has 0 spiro atoms. The van der Waals surface area contributed by atoms with Crippen molar-refractivity contribution < 1.29 is 14.3 Å². The van der Waals surface area contributed by atoms with E-state index in [1.807, 2.05) is 6.07 Å². The van der Waals surface area contributed by atoms with Gasteiger partial charge in [-0.2, -0.15) is 0 Å². The van der Waals surface area contributed by atoms with E-state index in [2.05, 4.69) is 26.0 Å². The average molecular weight is 383 g/mol. The van der Waals surface area contributed by atoms with Gasteiger partial charge in [0.1, 0.15) is 0 Å². The molecular formula is C16H13BrClNO3. The number of hydrogen-bond donors (Lipinski definition) is 1. The van der Waals surface area contributed by atoms with Crippen LogP contribution < -0.4 is 5.32 Å². The maximum Gasteiger partial charge on any atom is 0.310 e. The van der Waals surface area contributed by atoms with Gasteiger partial charge in [0.2, 0.25) is 0 Å². The Morgan fingerprint density at radius 1 is 1.23 bits per heavy atom. The fraction of sp³-hybridized carbons (Fsp3) is 0.125. The number of methoxy groups -OCH3 is 1. The van der Waals surface area contributed by atoms with E-state index in [1.54, 1.807) is 36.4 Å². The summed E-state index contributed by atoms with van der Waals surface area (Å²) >= 11 is 9.29. The summed E-state index contributed by atoms with van der Waals surface area (Å²) in [5, 5.41) is 3.24. The van der Waals surface area contributed by atoms with Gasteiger partial charge in [-0.05, 0) is 35.9 Å². The lowest BCUT2D eigenvalue weighted by Crippen LogP contribution is -2.15. The van der Waals surface area contributed by atoms with Crippen molar-refractivity contribution in [2.75, 3.05) is 12.4 Å². The van der Waals surface area contributed by atoms with Gasteiger partial charge in [-0.25, -0.2) is 0 Å². The van der Waals surface area contributed by atoms with Crippen LogP contribution in [0.1, 0.15) is 15.9 Å². The third kappa shape index (κ3) is 4.32. The van der Waals surface area contributed by atoms with Gasteiger partial charge in [-0.1, -0.05) is 39.7 Å². The number of esters is 1. The Kier molecular flexibility index (Phi) is 5.57. The van der Waals surface area contributed by atoms with Gasteiger partial charge < -0.3 is 10.1 Å². The van der Waals surface area contributed by atoms with E-state index in [1.165, 1.54) is 7.11 Å². The molecule has 0 atom stereocenters. The summed E-state index contributed by atoms with van der Waals surface area (Å²) in [6, 6.07) is 12.0. The Morgan fingerprint density at radius 2 is 2.00 bits per heavy atom. The molecule has 0 saturated carbocycles. The van der Waals surface area contributed by atoms with E-state index in [4.69, 9.17) is 11.6 Å². The average Bonchev–Trinajstić information content (AvgIpc) is 2.49. The van der Waals surface area contributed by atoms with Crippen LogP contribution in [0.2, 0.25) is 5.02 Å². The van der Waals surface area contributed by atoms with Crippen molar-refractivity contribution in [1.82, 2.24) is 0 Å². The van der Waals surface area contributed by atoms with Crippen molar-refractivity contribution in [2.45, 2.75) is 6.42 Å². The summed E-state index contributed by atoms with van der Waals surface area (Å²) in [5.74, 6) is -0.671. The first kappa shape index (κ1) is 16.5. The molecule has 0 aromatic heterocycles. The third-order valence-corrected chi connectivity index (χ3v) is 3.70. The lowest BCUT2D eigenvalue weighted by molar-refractivity contribution is -0.139. The highest BCUT2D eigenvalue weighted by Gasteiger charge is 2.13. The topological polar surface area (TPSA) is 55.4 Å². The summed E-state index contributed by atoms with van der Waals surface area (Å²) in [6.45, 7) is 0. The number of halogens is 2. The first-order chi connectivity index (χ1) is 10.5. The molecule has 2 aromatic carbocycles. The van der Waals surface area contributed by atoms with Crippen LogP contribution >= 0.6 is 27.5 Å². The smallest absolute Gasteiger partial charge is 0.310 e. The number of amides is 1. The third-order valence-electron chi connectivity index (χ3n) is 2.97. The molecule has 0 heterocycles. The summed E-state index contributed by atoms with van der Waals surface area (Å²) < 4.78 is 5.46. The van der Waals surface area contributed by atoms with Crippen molar-refractivity contribution in [2.24, 2.45) is 0 Å². The minimum atomic E-state index is -0.389. The summed E-state index contributed by atoms with van der Waals surface area (Å²) in [4.78, 5) is 23.7. The number of nitrogens with one attached hydrogen (secondary N) is 1. The van der Waals surface area contributed by atoms with Crippen LogP contribution in [0.5, 0.6) is 0 Å². The number of anilines is 1. The van der Waals surface area contributed by atoms with E-state index >= 15 is 0 Å². The van der Waals surface area contributed by atoms with Crippen LogP contribution in [0.15, 0.2) is 46.9 Å². The van der Waals surface area contributed by atoms with Crippen molar-refractivity contribution >= 4 is 45.1 Å². The highest BCUT2D eigenvalue weighted by atomic mass is 79.9. The second-order valence-corrected chi connectivity index (χ2v) is 5.87. The second-order valence-electron chi connectivity index (χ2n) is 4.52. The van der Waals surface area contributed by atoms with Crippen molar-refractivity contribution in [1.29, 1.82) is 0 Å². The molecule has 114 valence electrons. The fourth-order valence-electron chi connectivity index (χ4n) is 1.87. The van der Waals surface area contributed by atoms with E-state index in [-0.39, 0.29) is 18.3 Å². The van der Waals surface area contributed by atoms with Crippen LogP contribution in [-0.4, -0.2) is 19.0 Å². The summed E-state index contributed by atoms with van der Waals surface area (Å²) in [5.41, 5.74) is 1.63. The monoisotopic (exact) mass is 381 g/mol. The van der Waals surface area contributed by atoms with Crippen molar-refractivity contribution in [3.8, 4) is 0 Å². The number of carbonyl (C=O) groups excluding carboxylic acids is 2. The molecule has 2 rings (SSSR count). The van der Waals surface area contributed by atoms with Gasteiger partial charge in [0.15, 0.2) is 0 Å². The van der Waals surface area contributed by atoms with Gasteiger partial charge >= 0.3 is 5.97 Å². The molecule has 0 aliphatic rings. The van der Waals surface area contributed by atoms with E-state index in [0.29, 0.717) is 21.8 Å². The normalized spacial score (nSPS) is 10.1. The molecule has 0 fully saturated rings. The molecule has 0 unspecified atom stereocenters. The highest BCUT2D eigenvalue weighted by molar-refractivity contribution is 9.10. The minimum absolute atomic E-state index is 0.0573.